The normalized spacial score (nSPS) is 21.1. The van der Waals surface area contributed by atoms with Crippen LogP contribution >= 0.6 is 11.6 Å². The Labute approximate surface area is 155 Å². The Bertz CT molecular complexity index is 706. The standard InChI is InChI=1S/C22H25ClO2/c1-15(18-9-11-21(23)12-10-18)20-8-5-17(14-20)13-16-3-6-19(7-4-16)22(24)25-2/h3-4,6-7,9-12,15,17,20H,5,8,13-14H2,1-2H3/t15-,17?,20+/m1/s1. The van der Waals surface area contributed by atoms with Crippen molar-refractivity contribution >= 4 is 17.6 Å². The zero-order chi connectivity index (χ0) is 17.8. The molecule has 0 heterocycles. The van der Waals surface area contributed by atoms with Crippen LogP contribution < -0.4 is 0 Å². The van der Waals surface area contributed by atoms with Gasteiger partial charge in [-0.2, -0.15) is 0 Å². The Morgan fingerprint density at radius 3 is 2.44 bits per heavy atom. The number of hydrogen-bond acceptors (Lipinski definition) is 2. The third-order valence-corrected chi connectivity index (χ3v) is 5.84. The van der Waals surface area contributed by atoms with Gasteiger partial charge in [0.1, 0.15) is 0 Å². The third-order valence-electron chi connectivity index (χ3n) is 5.58. The van der Waals surface area contributed by atoms with E-state index in [1.807, 2.05) is 24.3 Å². The third kappa shape index (κ3) is 4.43. The number of rotatable bonds is 5. The van der Waals surface area contributed by atoms with Crippen LogP contribution in [-0.4, -0.2) is 13.1 Å². The van der Waals surface area contributed by atoms with E-state index in [1.54, 1.807) is 0 Å². The number of hydrogen-bond donors (Lipinski definition) is 0. The number of carbonyl (C=O) groups is 1. The molecule has 0 bridgehead atoms. The molecular formula is C22H25ClO2. The summed E-state index contributed by atoms with van der Waals surface area (Å²) in [4.78, 5) is 11.5. The van der Waals surface area contributed by atoms with Crippen molar-refractivity contribution in [3.8, 4) is 0 Å². The largest absolute Gasteiger partial charge is 0.465 e. The first-order valence-electron chi connectivity index (χ1n) is 8.99. The Balaban J connectivity index is 1.57. The molecule has 0 N–H and O–H groups in total. The van der Waals surface area contributed by atoms with E-state index in [9.17, 15) is 4.79 Å². The predicted molar refractivity (Wildman–Crippen MR) is 102 cm³/mol. The van der Waals surface area contributed by atoms with Gasteiger partial charge in [0.05, 0.1) is 12.7 Å². The van der Waals surface area contributed by atoms with Crippen molar-refractivity contribution in [3.63, 3.8) is 0 Å². The van der Waals surface area contributed by atoms with Gasteiger partial charge in [-0.1, -0.05) is 42.8 Å². The lowest BCUT2D eigenvalue weighted by molar-refractivity contribution is 0.0600. The van der Waals surface area contributed by atoms with E-state index in [2.05, 4.69) is 31.2 Å². The van der Waals surface area contributed by atoms with Gasteiger partial charge in [0.2, 0.25) is 0 Å². The second-order valence-electron chi connectivity index (χ2n) is 7.17. The van der Waals surface area contributed by atoms with Crippen molar-refractivity contribution in [2.24, 2.45) is 11.8 Å². The van der Waals surface area contributed by atoms with Crippen LogP contribution in [0, 0.1) is 11.8 Å². The highest BCUT2D eigenvalue weighted by atomic mass is 35.5. The highest BCUT2D eigenvalue weighted by molar-refractivity contribution is 6.30. The lowest BCUT2D eigenvalue weighted by atomic mass is 9.85. The molecule has 3 rings (SSSR count). The average molecular weight is 357 g/mol. The second kappa shape index (κ2) is 8.05. The Hall–Kier alpha value is -1.80. The van der Waals surface area contributed by atoms with Gasteiger partial charge in [0.25, 0.3) is 0 Å². The minimum atomic E-state index is -0.274. The van der Waals surface area contributed by atoms with Crippen molar-refractivity contribution in [2.45, 2.75) is 38.5 Å². The molecule has 1 aliphatic carbocycles. The minimum absolute atomic E-state index is 0.274. The number of benzene rings is 2. The number of methoxy groups -OCH3 is 1. The fraction of sp³-hybridized carbons (Fsp3) is 0.409. The van der Waals surface area contributed by atoms with E-state index < -0.39 is 0 Å². The van der Waals surface area contributed by atoms with Crippen molar-refractivity contribution in [3.05, 3.63) is 70.2 Å². The smallest absolute Gasteiger partial charge is 0.337 e. The molecule has 2 nitrogen and oxygen atoms in total. The number of halogens is 1. The van der Waals surface area contributed by atoms with Gasteiger partial charge >= 0.3 is 5.97 Å². The maximum atomic E-state index is 11.5. The maximum Gasteiger partial charge on any atom is 0.337 e. The summed E-state index contributed by atoms with van der Waals surface area (Å²) in [5, 5.41) is 0.802. The first kappa shape index (κ1) is 18.0. The van der Waals surface area contributed by atoms with Crippen molar-refractivity contribution in [2.75, 3.05) is 7.11 Å². The summed E-state index contributed by atoms with van der Waals surface area (Å²) < 4.78 is 4.75. The van der Waals surface area contributed by atoms with Crippen LogP contribution in [0.25, 0.3) is 0 Å². The molecule has 0 saturated heterocycles. The van der Waals surface area contributed by atoms with Gasteiger partial charge in [-0.05, 0) is 78.8 Å². The highest BCUT2D eigenvalue weighted by Crippen LogP contribution is 2.41. The summed E-state index contributed by atoms with van der Waals surface area (Å²) in [6, 6.07) is 16.1. The molecule has 1 fully saturated rings. The molecule has 132 valence electrons. The Morgan fingerprint density at radius 2 is 1.80 bits per heavy atom. The van der Waals surface area contributed by atoms with Crippen molar-refractivity contribution in [1.82, 2.24) is 0 Å². The molecule has 1 saturated carbocycles. The molecule has 0 aliphatic heterocycles. The second-order valence-corrected chi connectivity index (χ2v) is 7.61. The average Bonchev–Trinajstić information content (AvgIpc) is 3.10. The van der Waals surface area contributed by atoms with Crippen LogP contribution in [-0.2, 0) is 11.2 Å². The maximum absolute atomic E-state index is 11.5. The van der Waals surface area contributed by atoms with Crippen LogP contribution in [0.4, 0.5) is 0 Å². The van der Waals surface area contributed by atoms with E-state index >= 15 is 0 Å². The Kier molecular flexibility index (Phi) is 5.80. The first-order valence-corrected chi connectivity index (χ1v) is 9.37. The lowest BCUT2D eigenvalue weighted by Gasteiger charge is -2.20. The molecule has 2 aromatic carbocycles. The van der Waals surface area contributed by atoms with Crippen LogP contribution in [0.15, 0.2) is 48.5 Å². The van der Waals surface area contributed by atoms with Gasteiger partial charge in [0, 0.05) is 5.02 Å². The molecular weight excluding hydrogens is 332 g/mol. The van der Waals surface area contributed by atoms with Crippen LogP contribution in [0.1, 0.15) is 53.6 Å². The quantitative estimate of drug-likeness (QED) is 0.624. The van der Waals surface area contributed by atoms with E-state index in [-0.39, 0.29) is 5.97 Å². The first-order chi connectivity index (χ1) is 12.1. The fourth-order valence-electron chi connectivity index (χ4n) is 4.02. The number of esters is 1. The molecule has 0 spiro atoms. The van der Waals surface area contributed by atoms with E-state index in [0.29, 0.717) is 11.5 Å². The minimum Gasteiger partial charge on any atom is -0.465 e. The highest BCUT2D eigenvalue weighted by Gasteiger charge is 2.29. The summed E-state index contributed by atoms with van der Waals surface area (Å²) in [5.74, 6) is 1.76. The van der Waals surface area contributed by atoms with E-state index in [0.717, 1.165) is 23.3 Å². The van der Waals surface area contributed by atoms with Crippen LogP contribution in [0.3, 0.4) is 0 Å². The molecule has 0 amide bonds. The molecule has 1 aliphatic rings. The molecule has 3 heteroatoms. The van der Waals surface area contributed by atoms with Crippen molar-refractivity contribution < 1.29 is 9.53 Å². The van der Waals surface area contributed by atoms with Gasteiger partial charge in [-0.25, -0.2) is 4.79 Å². The van der Waals surface area contributed by atoms with Gasteiger partial charge in [-0.3, -0.25) is 0 Å². The predicted octanol–water partition coefficient (Wildman–Crippen LogP) is 5.89. The molecule has 3 atom stereocenters. The monoisotopic (exact) mass is 356 g/mol. The zero-order valence-electron chi connectivity index (χ0n) is 14.9. The Morgan fingerprint density at radius 1 is 1.12 bits per heavy atom. The van der Waals surface area contributed by atoms with Crippen molar-refractivity contribution in [1.29, 1.82) is 0 Å². The molecule has 0 radical (unpaired) electrons. The van der Waals surface area contributed by atoms with E-state index in [1.165, 1.54) is 37.5 Å². The van der Waals surface area contributed by atoms with Crippen LogP contribution in [0.5, 0.6) is 0 Å². The topological polar surface area (TPSA) is 26.3 Å². The molecule has 25 heavy (non-hydrogen) atoms. The van der Waals surface area contributed by atoms with Gasteiger partial charge in [0.15, 0.2) is 0 Å². The summed E-state index contributed by atoms with van der Waals surface area (Å²) in [5.41, 5.74) is 3.31. The number of carbonyl (C=O) groups excluding carboxylic acids is 1. The lowest BCUT2D eigenvalue weighted by Crippen LogP contribution is -2.08. The van der Waals surface area contributed by atoms with Gasteiger partial charge in [-0.15, -0.1) is 0 Å². The summed E-state index contributed by atoms with van der Waals surface area (Å²) >= 11 is 6.00. The van der Waals surface area contributed by atoms with E-state index in [4.69, 9.17) is 16.3 Å². The summed E-state index contributed by atoms with van der Waals surface area (Å²) in [7, 11) is 1.41. The number of ether oxygens (including phenoxy) is 1. The molecule has 1 unspecified atom stereocenters. The molecule has 2 aromatic rings. The SMILES string of the molecule is COC(=O)c1ccc(CC2CC[C@H]([C@H](C)c3ccc(Cl)cc3)C2)cc1. The summed E-state index contributed by atoms with van der Waals surface area (Å²) in [6.07, 6.45) is 4.92. The van der Waals surface area contributed by atoms with Crippen LogP contribution in [0.2, 0.25) is 5.02 Å². The summed E-state index contributed by atoms with van der Waals surface area (Å²) in [6.45, 7) is 2.33. The zero-order valence-corrected chi connectivity index (χ0v) is 15.6. The fourth-order valence-corrected chi connectivity index (χ4v) is 4.15. The molecule has 0 aromatic heterocycles. The van der Waals surface area contributed by atoms with Gasteiger partial charge < -0.3 is 4.74 Å².